The molecule has 1 aromatic rings. The number of rotatable bonds is 2. The molecule has 3 rings (SSSR count). The highest BCUT2D eigenvalue weighted by Gasteiger charge is 2.28. The largest absolute Gasteiger partial charge is 0.342 e. The zero-order valence-electron chi connectivity index (χ0n) is 11.4. The standard InChI is InChI=1S/C15H18N4O/c20-15(18-11-5-2-6-12-18)13-7-3-1-4-8-14(13)19-16-9-10-17-19/h1,3-4,7-10,13H,2,5-6,11-12H2. The van der Waals surface area contributed by atoms with Gasteiger partial charge in [-0.15, -0.1) is 0 Å². The van der Waals surface area contributed by atoms with Crippen LogP contribution < -0.4 is 0 Å². The Morgan fingerprint density at radius 1 is 1.05 bits per heavy atom. The van der Waals surface area contributed by atoms with Crippen LogP contribution in [0.15, 0.2) is 42.8 Å². The summed E-state index contributed by atoms with van der Waals surface area (Å²) < 4.78 is 0. The Morgan fingerprint density at radius 3 is 2.55 bits per heavy atom. The maximum absolute atomic E-state index is 12.7. The summed E-state index contributed by atoms with van der Waals surface area (Å²) >= 11 is 0. The van der Waals surface area contributed by atoms with E-state index in [2.05, 4.69) is 10.2 Å². The average molecular weight is 270 g/mol. The molecule has 1 aliphatic carbocycles. The first-order chi connectivity index (χ1) is 9.86. The maximum atomic E-state index is 12.7. The van der Waals surface area contributed by atoms with Gasteiger partial charge in [-0.2, -0.15) is 15.0 Å². The summed E-state index contributed by atoms with van der Waals surface area (Å²) in [6.07, 6.45) is 16.3. The van der Waals surface area contributed by atoms with Crippen LogP contribution in [0.5, 0.6) is 0 Å². The molecule has 1 aromatic heterocycles. The number of aromatic nitrogens is 3. The number of nitrogens with zero attached hydrogens (tertiary/aromatic N) is 4. The number of amides is 1. The Kier molecular flexibility index (Phi) is 3.76. The molecule has 0 bridgehead atoms. The number of hydrogen-bond acceptors (Lipinski definition) is 3. The molecule has 20 heavy (non-hydrogen) atoms. The number of piperidine rings is 1. The van der Waals surface area contributed by atoms with E-state index < -0.39 is 0 Å². The van der Waals surface area contributed by atoms with Gasteiger partial charge in [0.1, 0.15) is 5.92 Å². The smallest absolute Gasteiger partial charge is 0.235 e. The fourth-order valence-electron chi connectivity index (χ4n) is 2.66. The minimum atomic E-state index is -0.310. The van der Waals surface area contributed by atoms with Gasteiger partial charge in [-0.1, -0.05) is 24.3 Å². The Bertz CT molecular complexity index is 550. The molecule has 1 atom stereocenters. The molecule has 1 saturated heterocycles. The van der Waals surface area contributed by atoms with E-state index >= 15 is 0 Å². The summed E-state index contributed by atoms with van der Waals surface area (Å²) in [5.41, 5.74) is 0.801. The molecule has 0 radical (unpaired) electrons. The van der Waals surface area contributed by atoms with Gasteiger partial charge in [0.15, 0.2) is 0 Å². The summed E-state index contributed by atoms with van der Waals surface area (Å²) in [4.78, 5) is 16.2. The normalized spacial score (nSPS) is 22.5. The van der Waals surface area contributed by atoms with Crippen molar-refractivity contribution in [2.24, 2.45) is 5.92 Å². The Hall–Kier alpha value is -2.17. The monoisotopic (exact) mass is 270 g/mol. The van der Waals surface area contributed by atoms with E-state index in [1.165, 1.54) is 11.2 Å². The second-order valence-corrected chi connectivity index (χ2v) is 5.04. The molecular weight excluding hydrogens is 252 g/mol. The number of allylic oxidation sites excluding steroid dienone is 4. The summed E-state index contributed by atoms with van der Waals surface area (Å²) in [5.74, 6) is -0.163. The number of carbonyl (C=O) groups excluding carboxylic acids is 1. The fraction of sp³-hybridized carbons (Fsp3) is 0.400. The van der Waals surface area contributed by atoms with Crippen LogP contribution in [0.4, 0.5) is 0 Å². The van der Waals surface area contributed by atoms with Crippen LogP contribution >= 0.6 is 0 Å². The van der Waals surface area contributed by atoms with Crippen molar-refractivity contribution in [1.82, 2.24) is 19.9 Å². The van der Waals surface area contributed by atoms with E-state index in [-0.39, 0.29) is 11.8 Å². The van der Waals surface area contributed by atoms with Crippen molar-refractivity contribution in [1.29, 1.82) is 0 Å². The first-order valence-electron chi connectivity index (χ1n) is 7.07. The molecular formula is C15H18N4O. The SMILES string of the molecule is O=C(C1C=CC=CC=C1n1nccn1)N1CCCCC1. The Labute approximate surface area is 118 Å². The molecule has 1 unspecified atom stereocenters. The first-order valence-corrected chi connectivity index (χ1v) is 7.07. The molecule has 104 valence electrons. The van der Waals surface area contributed by atoms with Crippen LogP contribution in [0.2, 0.25) is 0 Å². The number of carbonyl (C=O) groups is 1. The van der Waals surface area contributed by atoms with Crippen LogP contribution in [0.25, 0.3) is 5.70 Å². The summed E-state index contributed by atoms with van der Waals surface area (Å²) in [5, 5.41) is 8.32. The van der Waals surface area contributed by atoms with Crippen molar-refractivity contribution in [3.63, 3.8) is 0 Å². The lowest BCUT2D eigenvalue weighted by Gasteiger charge is -2.29. The van der Waals surface area contributed by atoms with Gasteiger partial charge in [-0.3, -0.25) is 4.79 Å². The lowest BCUT2D eigenvalue weighted by Crippen LogP contribution is -2.40. The van der Waals surface area contributed by atoms with E-state index in [4.69, 9.17) is 0 Å². The molecule has 0 N–H and O–H groups in total. The van der Waals surface area contributed by atoms with Gasteiger partial charge in [0.05, 0.1) is 18.1 Å². The third-order valence-electron chi connectivity index (χ3n) is 3.69. The average Bonchev–Trinajstić information content (AvgIpc) is 2.92. The number of likely N-dealkylation sites (tertiary alicyclic amines) is 1. The van der Waals surface area contributed by atoms with Crippen LogP contribution in [0, 0.1) is 5.92 Å². The van der Waals surface area contributed by atoms with E-state index in [1.54, 1.807) is 12.4 Å². The minimum Gasteiger partial charge on any atom is -0.342 e. The van der Waals surface area contributed by atoms with Crippen molar-refractivity contribution in [2.75, 3.05) is 13.1 Å². The van der Waals surface area contributed by atoms with Gasteiger partial charge in [0, 0.05) is 13.1 Å². The molecule has 2 heterocycles. The van der Waals surface area contributed by atoms with Gasteiger partial charge in [0.2, 0.25) is 5.91 Å². The zero-order chi connectivity index (χ0) is 13.8. The summed E-state index contributed by atoms with van der Waals surface area (Å²) in [7, 11) is 0. The van der Waals surface area contributed by atoms with E-state index in [0.717, 1.165) is 31.6 Å². The van der Waals surface area contributed by atoms with Gasteiger partial charge in [-0.05, 0) is 25.3 Å². The molecule has 1 fully saturated rings. The Balaban J connectivity index is 1.87. The van der Waals surface area contributed by atoms with Gasteiger partial charge < -0.3 is 4.90 Å². The predicted octanol–water partition coefficient (Wildman–Crippen LogP) is 1.87. The second kappa shape index (κ2) is 5.86. The third-order valence-corrected chi connectivity index (χ3v) is 3.69. The van der Waals surface area contributed by atoms with Crippen molar-refractivity contribution in [3.8, 4) is 0 Å². The van der Waals surface area contributed by atoms with Crippen LogP contribution in [0.3, 0.4) is 0 Å². The highest BCUT2D eigenvalue weighted by molar-refractivity contribution is 5.90. The number of hydrogen-bond donors (Lipinski definition) is 0. The van der Waals surface area contributed by atoms with E-state index in [0.29, 0.717) is 0 Å². The van der Waals surface area contributed by atoms with Crippen LogP contribution in [-0.4, -0.2) is 38.9 Å². The minimum absolute atomic E-state index is 0.146. The molecule has 1 amide bonds. The van der Waals surface area contributed by atoms with Crippen LogP contribution in [0.1, 0.15) is 19.3 Å². The van der Waals surface area contributed by atoms with Gasteiger partial charge in [-0.25, -0.2) is 0 Å². The second-order valence-electron chi connectivity index (χ2n) is 5.04. The molecule has 5 nitrogen and oxygen atoms in total. The summed E-state index contributed by atoms with van der Waals surface area (Å²) in [6.45, 7) is 1.72. The summed E-state index contributed by atoms with van der Waals surface area (Å²) in [6, 6.07) is 0. The lowest BCUT2D eigenvalue weighted by molar-refractivity contribution is -0.133. The highest BCUT2D eigenvalue weighted by atomic mass is 16.2. The topological polar surface area (TPSA) is 51.0 Å². The molecule has 1 aliphatic heterocycles. The quantitative estimate of drug-likeness (QED) is 0.824. The van der Waals surface area contributed by atoms with Crippen molar-refractivity contribution in [3.05, 3.63) is 42.8 Å². The maximum Gasteiger partial charge on any atom is 0.235 e. The van der Waals surface area contributed by atoms with Crippen molar-refractivity contribution < 1.29 is 4.79 Å². The van der Waals surface area contributed by atoms with Gasteiger partial charge >= 0.3 is 0 Å². The van der Waals surface area contributed by atoms with Crippen LogP contribution in [-0.2, 0) is 4.79 Å². The molecule has 5 heteroatoms. The zero-order valence-corrected chi connectivity index (χ0v) is 11.4. The fourth-order valence-corrected chi connectivity index (χ4v) is 2.66. The first kappa shape index (κ1) is 12.8. The molecule has 0 spiro atoms. The van der Waals surface area contributed by atoms with Gasteiger partial charge in [0.25, 0.3) is 0 Å². The van der Waals surface area contributed by atoms with Crippen molar-refractivity contribution in [2.45, 2.75) is 19.3 Å². The molecule has 2 aliphatic rings. The third kappa shape index (κ3) is 2.57. The molecule has 0 saturated carbocycles. The van der Waals surface area contributed by atoms with E-state index in [9.17, 15) is 4.79 Å². The van der Waals surface area contributed by atoms with E-state index in [1.807, 2.05) is 35.3 Å². The van der Waals surface area contributed by atoms with Crippen molar-refractivity contribution >= 4 is 11.6 Å². The Morgan fingerprint density at radius 2 is 1.80 bits per heavy atom. The highest BCUT2D eigenvalue weighted by Crippen LogP contribution is 2.23. The predicted molar refractivity (Wildman–Crippen MR) is 76.5 cm³/mol. The molecule has 0 aromatic carbocycles. The lowest BCUT2D eigenvalue weighted by atomic mass is 10.0.